The Morgan fingerprint density at radius 2 is 2.00 bits per heavy atom. The number of rotatable bonds is 2. The standard InChI is InChI=1S/C11H12F2N2O2/c1-7-3-2-4-8(15(16)17)9(7)10(14)5-11(12,13)6-10/h2-4H,5-6,14H2,1H3. The Kier molecular flexibility index (Phi) is 2.43. The van der Waals surface area contributed by atoms with Crippen LogP contribution in [0.5, 0.6) is 0 Å². The monoisotopic (exact) mass is 242 g/mol. The molecule has 0 bridgehead atoms. The third kappa shape index (κ3) is 1.88. The maximum atomic E-state index is 12.9. The molecule has 0 aromatic heterocycles. The van der Waals surface area contributed by atoms with E-state index in [0.29, 0.717) is 5.56 Å². The van der Waals surface area contributed by atoms with Gasteiger partial charge in [0.05, 0.1) is 16.0 Å². The molecule has 0 amide bonds. The molecule has 4 nitrogen and oxygen atoms in total. The van der Waals surface area contributed by atoms with Crippen molar-refractivity contribution in [2.24, 2.45) is 5.73 Å². The highest BCUT2D eigenvalue weighted by atomic mass is 19.3. The van der Waals surface area contributed by atoms with Crippen molar-refractivity contribution in [3.63, 3.8) is 0 Å². The van der Waals surface area contributed by atoms with Gasteiger partial charge in [-0.05, 0) is 12.5 Å². The quantitative estimate of drug-likeness (QED) is 0.639. The van der Waals surface area contributed by atoms with Crippen LogP contribution in [0, 0.1) is 17.0 Å². The van der Waals surface area contributed by atoms with Crippen molar-refractivity contribution >= 4 is 5.69 Å². The molecule has 92 valence electrons. The molecule has 0 spiro atoms. The number of nitrogens with zero attached hydrogens (tertiary/aromatic N) is 1. The van der Waals surface area contributed by atoms with Gasteiger partial charge in [-0.25, -0.2) is 8.78 Å². The number of nitro benzene ring substituents is 1. The maximum Gasteiger partial charge on any atom is 0.274 e. The summed E-state index contributed by atoms with van der Waals surface area (Å²) in [5.41, 5.74) is 5.21. The lowest BCUT2D eigenvalue weighted by atomic mass is 9.68. The van der Waals surface area contributed by atoms with Crippen LogP contribution in [-0.2, 0) is 5.54 Å². The molecule has 0 unspecified atom stereocenters. The molecule has 0 atom stereocenters. The minimum absolute atomic E-state index is 0.178. The van der Waals surface area contributed by atoms with Gasteiger partial charge in [0.1, 0.15) is 0 Å². The lowest BCUT2D eigenvalue weighted by Crippen LogP contribution is -2.56. The summed E-state index contributed by atoms with van der Waals surface area (Å²) >= 11 is 0. The van der Waals surface area contributed by atoms with Crippen LogP contribution in [-0.4, -0.2) is 10.8 Å². The minimum atomic E-state index is -2.81. The van der Waals surface area contributed by atoms with Gasteiger partial charge in [0.25, 0.3) is 11.6 Å². The summed E-state index contributed by atoms with van der Waals surface area (Å²) in [5.74, 6) is -2.81. The van der Waals surface area contributed by atoms with Gasteiger partial charge in [0, 0.05) is 18.9 Å². The number of hydrogen-bond donors (Lipinski definition) is 1. The minimum Gasteiger partial charge on any atom is -0.321 e. The summed E-state index contributed by atoms with van der Waals surface area (Å²) in [6, 6.07) is 4.47. The average Bonchev–Trinajstić information content (AvgIpc) is 2.13. The Morgan fingerprint density at radius 3 is 2.47 bits per heavy atom. The Hall–Kier alpha value is -1.56. The van der Waals surface area contributed by atoms with Gasteiger partial charge in [-0.2, -0.15) is 0 Å². The lowest BCUT2D eigenvalue weighted by Gasteiger charge is -2.44. The van der Waals surface area contributed by atoms with Gasteiger partial charge < -0.3 is 5.73 Å². The third-order valence-electron chi connectivity index (χ3n) is 3.09. The molecule has 1 fully saturated rings. The Balaban J connectivity index is 2.49. The summed E-state index contributed by atoms with van der Waals surface area (Å²) in [6.45, 7) is 1.65. The fraction of sp³-hybridized carbons (Fsp3) is 0.455. The molecule has 6 heteroatoms. The lowest BCUT2D eigenvalue weighted by molar-refractivity contribution is -0.386. The maximum absolute atomic E-state index is 12.9. The van der Waals surface area contributed by atoms with Crippen molar-refractivity contribution in [3.05, 3.63) is 39.4 Å². The molecule has 1 aromatic carbocycles. The van der Waals surface area contributed by atoms with Crippen molar-refractivity contribution in [1.82, 2.24) is 0 Å². The molecule has 1 aliphatic carbocycles. The van der Waals surface area contributed by atoms with Crippen LogP contribution in [0.1, 0.15) is 24.0 Å². The first kappa shape index (κ1) is 11.9. The third-order valence-corrected chi connectivity index (χ3v) is 3.09. The number of halogens is 2. The van der Waals surface area contributed by atoms with Gasteiger partial charge in [-0.15, -0.1) is 0 Å². The zero-order valence-corrected chi connectivity index (χ0v) is 9.24. The first-order valence-electron chi connectivity index (χ1n) is 5.16. The highest BCUT2D eigenvalue weighted by molar-refractivity contribution is 5.51. The van der Waals surface area contributed by atoms with E-state index in [1.165, 1.54) is 12.1 Å². The fourth-order valence-corrected chi connectivity index (χ4v) is 2.50. The highest BCUT2D eigenvalue weighted by Crippen LogP contribution is 2.52. The molecular weight excluding hydrogens is 230 g/mol. The topological polar surface area (TPSA) is 69.2 Å². The summed E-state index contributed by atoms with van der Waals surface area (Å²) in [4.78, 5) is 10.3. The van der Waals surface area contributed by atoms with Gasteiger partial charge in [-0.1, -0.05) is 12.1 Å². The number of nitro groups is 1. The molecule has 0 radical (unpaired) electrons. The Labute approximate surface area is 96.6 Å². The van der Waals surface area contributed by atoms with Crippen LogP contribution in [0.2, 0.25) is 0 Å². The van der Waals surface area contributed by atoms with Crippen LogP contribution in [0.25, 0.3) is 0 Å². The van der Waals surface area contributed by atoms with Crippen LogP contribution >= 0.6 is 0 Å². The fourth-order valence-electron chi connectivity index (χ4n) is 2.50. The zero-order valence-electron chi connectivity index (χ0n) is 9.24. The van der Waals surface area contributed by atoms with Gasteiger partial charge >= 0.3 is 0 Å². The average molecular weight is 242 g/mol. The van der Waals surface area contributed by atoms with Gasteiger partial charge in [0.2, 0.25) is 0 Å². The van der Waals surface area contributed by atoms with Crippen LogP contribution in [0.4, 0.5) is 14.5 Å². The van der Waals surface area contributed by atoms with Crippen molar-refractivity contribution < 1.29 is 13.7 Å². The van der Waals surface area contributed by atoms with Gasteiger partial charge in [0.15, 0.2) is 0 Å². The first-order chi connectivity index (χ1) is 7.75. The van der Waals surface area contributed by atoms with E-state index in [-0.39, 0.29) is 11.3 Å². The second-order valence-corrected chi connectivity index (χ2v) is 4.59. The van der Waals surface area contributed by atoms with Crippen LogP contribution in [0.15, 0.2) is 18.2 Å². The Bertz CT molecular complexity index is 480. The predicted octanol–water partition coefficient (Wildman–Crippen LogP) is 2.49. The molecule has 0 aliphatic heterocycles. The SMILES string of the molecule is Cc1cccc([N+](=O)[O-])c1C1(N)CC(F)(F)C1. The van der Waals surface area contributed by atoms with Crippen LogP contribution in [0.3, 0.4) is 0 Å². The van der Waals surface area contributed by atoms with Crippen molar-refractivity contribution in [2.45, 2.75) is 31.2 Å². The molecule has 0 saturated heterocycles. The number of alkyl halides is 2. The van der Waals surface area contributed by atoms with E-state index in [2.05, 4.69) is 0 Å². The number of benzene rings is 1. The molecule has 0 heterocycles. The summed E-state index contributed by atoms with van der Waals surface area (Å²) in [5, 5.41) is 10.9. The summed E-state index contributed by atoms with van der Waals surface area (Å²) in [6.07, 6.45) is -1.07. The Morgan fingerprint density at radius 1 is 1.41 bits per heavy atom. The number of nitrogens with two attached hydrogens (primary N) is 1. The molecule has 2 N–H and O–H groups in total. The largest absolute Gasteiger partial charge is 0.321 e. The van der Waals surface area contributed by atoms with E-state index in [1.54, 1.807) is 13.0 Å². The number of hydrogen-bond acceptors (Lipinski definition) is 3. The summed E-state index contributed by atoms with van der Waals surface area (Å²) in [7, 11) is 0. The van der Waals surface area contributed by atoms with Gasteiger partial charge in [-0.3, -0.25) is 10.1 Å². The van der Waals surface area contributed by atoms with Crippen molar-refractivity contribution in [2.75, 3.05) is 0 Å². The van der Waals surface area contributed by atoms with E-state index in [0.717, 1.165) is 0 Å². The van der Waals surface area contributed by atoms with E-state index in [1.807, 2.05) is 0 Å². The number of aryl methyl sites for hydroxylation is 1. The molecule has 2 rings (SSSR count). The second kappa shape index (κ2) is 3.46. The second-order valence-electron chi connectivity index (χ2n) is 4.59. The van der Waals surface area contributed by atoms with E-state index in [9.17, 15) is 18.9 Å². The molecule has 1 aromatic rings. The highest BCUT2D eigenvalue weighted by Gasteiger charge is 2.57. The molecular formula is C11H12F2N2O2. The first-order valence-corrected chi connectivity index (χ1v) is 5.16. The van der Waals surface area contributed by atoms with E-state index >= 15 is 0 Å². The molecule has 1 aliphatic rings. The predicted molar refractivity (Wildman–Crippen MR) is 57.9 cm³/mol. The van der Waals surface area contributed by atoms with Crippen molar-refractivity contribution in [3.8, 4) is 0 Å². The molecule has 17 heavy (non-hydrogen) atoms. The normalized spacial score (nSPS) is 20.7. The zero-order chi connectivity index (χ0) is 12.8. The van der Waals surface area contributed by atoms with Crippen LogP contribution < -0.4 is 5.73 Å². The molecule has 1 saturated carbocycles. The van der Waals surface area contributed by atoms with Crippen molar-refractivity contribution in [1.29, 1.82) is 0 Å². The smallest absolute Gasteiger partial charge is 0.274 e. The van der Waals surface area contributed by atoms with E-state index < -0.39 is 29.2 Å². The summed E-state index contributed by atoms with van der Waals surface area (Å²) < 4.78 is 25.9. The van der Waals surface area contributed by atoms with E-state index in [4.69, 9.17) is 5.73 Å².